The molecule has 11 heteroatoms. The SMILES string of the molecule is CCOC(=O)c1sc(NC(=O)COC(=O)c2c3c(nc4ccccc24)CCN(Cc2ccccc2)C3)c(C(=O)OCC)c1C. The topological polar surface area (TPSA) is 124 Å². The molecule has 5 rings (SSSR count). The Morgan fingerprint density at radius 2 is 1.57 bits per heavy atom. The van der Waals surface area contributed by atoms with Crippen molar-refractivity contribution in [2.45, 2.75) is 40.3 Å². The number of ether oxygens (including phenoxy) is 3. The molecule has 0 saturated heterocycles. The average Bonchev–Trinajstić information content (AvgIpc) is 3.34. The highest BCUT2D eigenvalue weighted by atomic mass is 32.1. The predicted molar refractivity (Wildman–Crippen MR) is 166 cm³/mol. The predicted octanol–water partition coefficient (Wildman–Crippen LogP) is 5.31. The maximum atomic E-state index is 13.7. The van der Waals surface area contributed by atoms with Gasteiger partial charge in [0.15, 0.2) is 6.61 Å². The standard InChI is InChI=1S/C33H33N3O7S/c1-4-41-31(38)27-20(3)29(33(40)42-5-2)44-30(27)35-26(37)19-43-32(39)28-22-13-9-10-14-24(22)34-25-15-16-36(18-23(25)28)17-21-11-7-6-8-12-21/h6-14H,4-5,15-19H2,1-3H3,(H,35,37). The molecule has 44 heavy (non-hydrogen) atoms. The van der Waals surface area contributed by atoms with Crippen LogP contribution < -0.4 is 5.32 Å². The Morgan fingerprint density at radius 1 is 0.886 bits per heavy atom. The van der Waals surface area contributed by atoms with E-state index < -0.39 is 30.4 Å². The Kier molecular flexibility index (Phi) is 9.66. The first kappa shape index (κ1) is 30.8. The van der Waals surface area contributed by atoms with E-state index in [1.807, 2.05) is 42.5 Å². The largest absolute Gasteiger partial charge is 0.462 e. The first-order chi connectivity index (χ1) is 21.3. The molecule has 1 N–H and O–H groups in total. The fraction of sp³-hybridized carbons (Fsp3) is 0.303. The highest BCUT2D eigenvalue weighted by molar-refractivity contribution is 7.18. The molecule has 0 unspecified atom stereocenters. The monoisotopic (exact) mass is 615 g/mol. The third-order valence-corrected chi connectivity index (χ3v) is 8.44. The number of benzene rings is 2. The van der Waals surface area contributed by atoms with Crippen molar-refractivity contribution in [1.29, 1.82) is 0 Å². The number of aromatic nitrogens is 1. The molecule has 4 aromatic rings. The molecule has 1 aliphatic heterocycles. The maximum absolute atomic E-state index is 13.7. The number of nitrogens with zero attached hydrogens (tertiary/aromatic N) is 2. The minimum atomic E-state index is -0.681. The zero-order valence-electron chi connectivity index (χ0n) is 24.8. The zero-order valence-corrected chi connectivity index (χ0v) is 25.6. The second-order valence-corrected chi connectivity index (χ2v) is 11.2. The van der Waals surface area contributed by atoms with Crippen LogP contribution in [0.3, 0.4) is 0 Å². The molecule has 0 atom stereocenters. The molecule has 10 nitrogen and oxygen atoms in total. The van der Waals surface area contributed by atoms with Crippen LogP contribution in [0, 0.1) is 6.92 Å². The highest BCUT2D eigenvalue weighted by Crippen LogP contribution is 2.34. The minimum Gasteiger partial charge on any atom is -0.462 e. The molecule has 0 radical (unpaired) electrons. The van der Waals surface area contributed by atoms with E-state index >= 15 is 0 Å². The Morgan fingerprint density at radius 3 is 2.32 bits per heavy atom. The molecule has 0 saturated carbocycles. The molecule has 0 bridgehead atoms. The summed E-state index contributed by atoms with van der Waals surface area (Å²) in [5, 5.41) is 3.39. The van der Waals surface area contributed by atoms with Crippen LogP contribution in [0.15, 0.2) is 54.6 Å². The van der Waals surface area contributed by atoms with E-state index in [1.165, 1.54) is 5.56 Å². The third kappa shape index (κ3) is 6.63. The van der Waals surface area contributed by atoms with Crippen molar-refractivity contribution in [2.24, 2.45) is 0 Å². The van der Waals surface area contributed by atoms with Crippen LogP contribution >= 0.6 is 11.3 Å². The van der Waals surface area contributed by atoms with Gasteiger partial charge in [-0.25, -0.2) is 14.4 Å². The molecule has 228 valence electrons. The van der Waals surface area contributed by atoms with Crippen molar-refractivity contribution in [2.75, 3.05) is 31.7 Å². The summed E-state index contributed by atoms with van der Waals surface area (Å²) >= 11 is 0.907. The van der Waals surface area contributed by atoms with Gasteiger partial charge in [-0.2, -0.15) is 0 Å². The van der Waals surface area contributed by atoms with Crippen molar-refractivity contribution in [3.63, 3.8) is 0 Å². The summed E-state index contributed by atoms with van der Waals surface area (Å²) < 4.78 is 15.8. The van der Waals surface area contributed by atoms with Gasteiger partial charge in [0.1, 0.15) is 9.88 Å². The maximum Gasteiger partial charge on any atom is 0.348 e. The molecule has 3 heterocycles. The lowest BCUT2D eigenvalue weighted by Gasteiger charge is -2.30. The third-order valence-electron chi connectivity index (χ3n) is 7.25. The van der Waals surface area contributed by atoms with Crippen molar-refractivity contribution in [3.05, 3.63) is 93.0 Å². The van der Waals surface area contributed by atoms with Gasteiger partial charge in [-0.15, -0.1) is 11.3 Å². The van der Waals surface area contributed by atoms with E-state index in [4.69, 9.17) is 19.2 Å². The number of pyridine rings is 1. The Bertz CT molecular complexity index is 1720. The van der Waals surface area contributed by atoms with Gasteiger partial charge in [0.05, 0.1) is 29.9 Å². The number of amides is 1. The summed E-state index contributed by atoms with van der Waals surface area (Å²) in [4.78, 5) is 59.1. The Hall–Kier alpha value is -4.61. The molecular formula is C33H33N3O7S. The van der Waals surface area contributed by atoms with Gasteiger partial charge in [0, 0.05) is 42.7 Å². The van der Waals surface area contributed by atoms with Crippen LogP contribution in [0.1, 0.15) is 66.6 Å². The summed E-state index contributed by atoms with van der Waals surface area (Å²) in [6.45, 7) is 6.60. The molecular weight excluding hydrogens is 582 g/mol. The number of anilines is 1. The minimum absolute atomic E-state index is 0.0623. The number of hydrogen-bond donors (Lipinski definition) is 1. The smallest absolute Gasteiger partial charge is 0.348 e. The van der Waals surface area contributed by atoms with E-state index in [0.717, 1.165) is 35.7 Å². The van der Waals surface area contributed by atoms with Gasteiger partial charge < -0.3 is 19.5 Å². The van der Waals surface area contributed by atoms with Crippen molar-refractivity contribution >= 4 is 51.1 Å². The second kappa shape index (κ2) is 13.8. The van der Waals surface area contributed by atoms with E-state index in [2.05, 4.69) is 22.3 Å². The lowest BCUT2D eigenvalue weighted by Crippen LogP contribution is -2.32. The number of carbonyl (C=O) groups is 4. The van der Waals surface area contributed by atoms with Crippen LogP contribution in [-0.2, 0) is 38.5 Å². The number of hydrogen-bond acceptors (Lipinski definition) is 10. The summed E-state index contributed by atoms with van der Waals surface area (Å²) in [7, 11) is 0. The lowest BCUT2D eigenvalue weighted by atomic mass is 9.95. The zero-order chi connectivity index (χ0) is 31.2. The van der Waals surface area contributed by atoms with Gasteiger partial charge in [-0.1, -0.05) is 48.5 Å². The fourth-order valence-corrected chi connectivity index (χ4v) is 6.37. The number of carbonyl (C=O) groups excluding carboxylic acids is 4. The molecule has 2 aromatic heterocycles. The Balaban J connectivity index is 1.37. The number of esters is 3. The van der Waals surface area contributed by atoms with Crippen LogP contribution in [0.5, 0.6) is 0 Å². The summed E-state index contributed by atoms with van der Waals surface area (Å²) in [5.41, 5.74) is 4.26. The van der Waals surface area contributed by atoms with Crippen LogP contribution in [0.4, 0.5) is 5.00 Å². The van der Waals surface area contributed by atoms with Crippen LogP contribution in [0.2, 0.25) is 0 Å². The molecule has 0 aliphatic carbocycles. The first-order valence-electron chi connectivity index (χ1n) is 14.4. The first-order valence-corrected chi connectivity index (χ1v) is 15.2. The summed E-state index contributed by atoms with van der Waals surface area (Å²) in [6, 6.07) is 17.5. The quantitative estimate of drug-likeness (QED) is 0.187. The van der Waals surface area contributed by atoms with E-state index in [1.54, 1.807) is 20.8 Å². The van der Waals surface area contributed by atoms with E-state index in [-0.39, 0.29) is 28.7 Å². The van der Waals surface area contributed by atoms with E-state index in [0.29, 0.717) is 35.0 Å². The number of fused-ring (bicyclic) bond motifs is 2. The highest BCUT2D eigenvalue weighted by Gasteiger charge is 2.29. The average molecular weight is 616 g/mol. The second-order valence-electron chi connectivity index (χ2n) is 10.2. The van der Waals surface area contributed by atoms with Gasteiger partial charge >= 0.3 is 17.9 Å². The molecule has 0 fully saturated rings. The molecule has 0 spiro atoms. The summed E-state index contributed by atoms with van der Waals surface area (Å²) in [6.07, 6.45) is 0.672. The van der Waals surface area contributed by atoms with E-state index in [9.17, 15) is 19.2 Å². The molecule has 1 amide bonds. The number of rotatable bonds is 10. The van der Waals surface area contributed by atoms with Gasteiger partial charge in [0.2, 0.25) is 0 Å². The van der Waals surface area contributed by atoms with Gasteiger partial charge in [-0.3, -0.25) is 14.7 Å². The van der Waals surface area contributed by atoms with Crippen LogP contribution in [0.25, 0.3) is 10.9 Å². The van der Waals surface area contributed by atoms with Gasteiger partial charge in [-0.05, 0) is 38.0 Å². The number of nitrogens with one attached hydrogen (secondary N) is 1. The van der Waals surface area contributed by atoms with Crippen LogP contribution in [-0.4, -0.2) is 60.1 Å². The summed E-state index contributed by atoms with van der Waals surface area (Å²) in [5.74, 6) is -2.60. The lowest BCUT2D eigenvalue weighted by molar-refractivity contribution is -0.119. The number of para-hydroxylation sites is 1. The molecule has 1 aliphatic rings. The Labute approximate surface area is 258 Å². The van der Waals surface area contributed by atoms with Gasteiger partial charge in [0.25, 0.3) is 5.91 Å². The van der Waals surface area contributed by atoms with Crippen molar-refractivity contribution < 1.29 is 33.4 Å². The van der Waals surface area contributed by atoms with Crippen molar-refractivity contribution in [3.8, 4) is 0 Å². The molecule has 2 aromatic carbocycles. The normalized spacial score (nSPS) is 12.8. The van der Waals surface area contributed by atoms with Crippen molar-refractivity contribution in [1.82, 2.24) is 9.88 Å². The fourth-order valence-electron chi connectivity index (χ4n) is 5.26. The number of thiophene rings is 1.